The molecule has 194 valence electrons. The van der Waals surface area contributed by atoms with Crippen LogP contribution in [0.1, 0.15) is 58.2 Å². The fraction of sp³-hybridized carbons (Fsp3) is 0.556. The zero-order valence-corrected chi connectivity index (χ0v) is 21.5. The average molecular weight is 495 g/mol. The molecule has 3 aromatic rings. The van der Waals surface area contributed by atoms with E-state index in [1.807, 2.05) is 27.7 Å². The summed E-state index contributed by atoms with van der Waals surface area (Å²) < 4.78 is 3.51. The van der Waals surface area contributed by atoms with Crippen LogP contribution in [0.4, 0.5) is 5.69 Å². The van der Waals surface area contributed by atoms with Crippen LogP contribution in [0, 0.1) is 0 Å². The van der Waals surface area contributed by atoms with E-state index in [0.717, 1.165) is 45.2 Å². The van der Waals surface area contributed by atoms with Crippen LogP contribution in [0.2, 0.25) is 0 Å². The van der Waals surface area contributed by atoms with Gasteiger partial charge in [-0.2, -0.15) is 0 Å². The lowest BCUT2D eigenvalue weighted by Crippen LogP contribution is -2.48. The van der Waals surface area contributed by atoms with Crippen LogP contribution in [0.3, 0.4) is 0 Å². The summed E-state index contributed by atoms with van der Waals surface area (Å²) in [5.41, 5.74) is 1.25. The van der Waals surface area contributed by atoms with Crippen LogP contribution in [0.25, 0.3) is 11.2 Å². The number of fused-ring (bicyclic) bond motifs is 1. The number of amides is 1. The molecule has 0 aliphatic carbocycles. The molecule has 0 radical (unpaired) electrons. The second-order valence-corrected chi connectivity index (χ2v) is 9.53. The largest absolute Gasteiger partial charge is 0.368 e. The van der Waals surface area contributed by atoms with Gasteiger partial charge in [-0.05, 0) is 25.0 Å². The van der Waals surface area contributed by atoms with Gasteiger partial charge in [0, 0.05) is 57.8 Å². The minimum absolute atomic E-state index is 0.104. The molecule has 0 spiro atoms. The lowest BCUT2D eigenvalue weighted by atomic mass is 10.2. The van der Waals surface area contributed by atoms with Gasteiger partial charge in [-0.1, -0.05) is 51.3 Å². The summed E-state index contributed by atoms with van der Waals surface area (Å²) in [4.78, 5) is 49.9. The number of hydrogen-bond acceptors (Lipinski definition) is 5. The summed E-state index contributed by atoms with van der Waals surface area (Å²) in [5, 5.41) is 0. The quantitative estimate of drug-likeness (QED) is 0.413. The van der Waals surface area contributed by atoms with E-state index in [0.29, 0.717) is 56.0 Å². The molecular formula is C27H38N6O3. The monoisotopic (exact) mass is 494 g/mol. The van der Waals surface area contributed by atoms with Gasteiger partial charge in [0.15, 0.2) is 11.2 Å². The van der Waals surface area contributed by atoms with Crippen molar-refractivity contribution in [2.24, 2.45) is 0 Å². The third kappa shape index (κ3) is 5.71. The summed E-state index contributed by atoms with van der Waals surface area (Å²) in [7, 11) is 0. The Hall–Kier alpha value is -3.36. The molecule has 0 bridgehead atoms. The highest BCUT2D eigenvalue weighted by Gasteiger charge is 2.23. The van der Waals surface area contributed by atoms with Crippen LogP contribution in [-0.4, -0.2) is 56.1 Å². The molecule has 0 unspecified atom stereocenters. The number of para-hydroxylation sites is 1. The van der Waals surface area contributed by atoms with E-state index in [4.69, 9.17) is 4.98 Å². The molecule has 1 aliphatic heterocycles. The molecule has 1 amide bonds. The Morgan fingerprint density at radius 3 is 2.31 bits per heavy atom. The molecule has 1 aliphatic rings. The number of nitrogens with one attached hydrogen (secondary N) is 1. The number of benzene rings is 1. The molecule has 0 atom stereocenters. The summed E-state index contributed by atoms with van der Waals surface area (Å²) in [5.74, 6) is 0.811. The average Bonchev–Trinajstić information content (AvgIpc) is 3.26. The number of carbonyl (C=O) groups is 1. The van der Waals surface area contributed by atoms with E-state index in [-0.39, 0.29) is 5.91 Å². The Kier molecular flexibility index (Phi) is 8.61. The van der Waals surface area contributed by atoms with Crippen molar-refractivity contribution in [1.82, 2.24) is 24.0 Å². The van der Waals surface area contributed by atoms with Gasteiger partial charge in [0.2, 0.25) is 5.91 Å². The number of rotatable bonds is 11. The maximum absolute atomic E-state index is 13.1. The Balaban J connectivity index is 1.50. The van der Waals surface area contributed by atoms with Crippen molar-refractivity contribution in [2.75, 3.05) is 31.1 Å². The molecule has 3 heterocycles. The molecule has 1 fully saturated rings. The van der Waals surface area contributed by atoms with Crippen molar-refractivity contribution < 1.29 is 4.79 Å². The Morgan fingerprint density at radius 2 is 1.61 bits per heavy atom. The number of carbonyl (C=O) groups excluding carboxylic acids is 1. The highest BCUT2D eigenvalue weighted by Crippen LogP contribution is 2.18. The Morgan fingerprint density at radius 1 is 0.917 bits per heavy atom. The van der Waals surface area contributed by atoms with E-state index < -0.39 is 11.2 Å². The zero-order valence-electron chi connectivity index (χ0n) is 21.5. The number of piperazine rings is 1. The molecule has 0 saturated carbocycles. The highest BCUT2D eigenvalue weighted by atomic mass is 16.2. The van der Waals surface area contributed by atoms with Crippen molar-refractivity contribution >= 4 is 22.8 Å². The summed E-state index contributed by atoms with van der Waals surface area (Å²) in [6.07, 6.45) is 5.55. The van der Waals surface area contributed by atoms with Gasteiger partial charge < -0.3 is 14.4 Å². The number of aromatic nitrogens is 4. The molecule has 1 saturated heterocycles. The van der Waals surface area contributed by atoms with Crippen LogP contribution >= 0.6 is 0 Å². The second-order valence-electron chi connectivity index (χ2n) is 9.53. The van der Waals surface area contributed by atoms with E-state index in [1.54, 1.807) is 4.57 Å². The fourth-order valence-corrected chi connectivity index (χ4v) is 4.92. The second kappa shape index (κ2) is 12.1. The van der Waals surface area contributed by atoms with Crippen molar-refractivity contribution in [3.8, 4) is 0 Å². The predicted molar refractivity (Wildman–Crippen MR) is 143 cm³/mol. The molecule has 1 N–H and O–H groups in total. The van der Waals surface area contributed by atoms with Crippen molar-refractivity contribution in [3.63, 3.8) is 0 Å². The topological polar surface area (TPSA) is 96.2 Å². The Bertz CT molecular complexity index is 1270. The SMILES string of the molecule is CCCCCn1c(CCC(=O)N2CCN(c3ccccc3)CC2)nc2c1c(=O)[nH]c(=O)n2CCCC. The van der Waals surface area contributed by atoms with E-state index >= 15 is 0 Å². The van der Waals surface area contributed by atoms with Gasteiger partial charge in [-0.15, -0.1) is 0 Å². The van der Waals surface area contributed by atoms with E-state index in [2.05, 4.69) is 35.9 Å². The van der Waals surface area contributed by atoms with Crippen molar-refractivity contribution in [3.05, 3.63) is 57.0 Å². The van der Waals surface area contributed by atoms with Crippen LogP contribution in [-0.2, 0) is 24.3 Å². The number of H-pyrrole nitrogens is 1. The maximum atomic E-state index is 13.1. The minimum Gasteiger partial charge on any atom is -0.368 e. The predicted octanol–water partition coefficient (Wildman–Crippen LogP) is 3.16. The molecule has 2 aromatic heterocycles. The van der Waals surface area contributed by atoms with Crippen LogP contribution in [0.15, 0.2) is 39.9 Å². The number of aryl methyl sites for hydroxylation is 3. The molecular weight excluding hydrogens is 456 g/mol. The standard InChI is InChI=1S/C27H38N6O3/c1-3-5-10-16-32-22(28-25-24(32)26(35)29-27(36)33(25)15-6-4-2)13-14-23(34)31-19-17-30(18-20-31)21-11-8-7-9-12-21/h7-9,11-12H,3-6,10,13-20H2,1-2H3,(H,29,35,36). The van der Waals surface area contributed by atoms with Gasteiger partial charge in [0.25, 0.3) is 5.56 Å². The molecule has 4 rings (SSSR count). The summed E-state index contributed by atoms with van der Waals surface area (Å²) in [6, 6.07) is 10.3. The van der Waals surface area contributed by atoms with E-state index in [1.165, 1.54) is 5.69 Å². The Labute approximate surface area is 211 Å². The van der Waals surface area contributed by atoms with Crippen molar-refractivity contribution in [2.45, 2.75) is 71.9 Å². The third-order valence-electron chi connectivity index (χ3n) is 7.00. The van der Waals surface area contributed by atoms with Gasteiger partial charge in [-0.3, -0.25) is 19.1 Å². The third-order valence-corrected chi connectivity index (χ3v) is 7.00. The first-order valence-electron chi connectivity index (χ1n) is 13.3. The zero-order chi connectivity index (χ0) is 25.5. The number of aromatic amines is 1. The first-order chi connectivity index (χ1) is 17.5. The first kappa shape index (κ1) is 25.7. The number of imidazole rings is 1. The van der Waals surface area contributed by atoms with E-state index in [9.17, 15) is 14.4 Å². The fourth-order valence-electron chi connectivity index (χ4n) is 4.92. The lowest BCUT2D eigenvalue weighted by Gasteiger charge is -2.36. The lowest BCUT2D eigenvalue weighted by molar-refractivity contribution is -0.131. The maximum Gasteiger partial charge on any atom is 0.330 e. The molecule has 36 heavy (non-hydrogen) atoms. The normalized spacial score (nSPS) is 14.1. The van der Waals surface area contributed by atoms with Crippen LogP contribution < -0.4 is 16.1 Å². The molecule has 9 nitrogen and oxygen atoms in total. The number of anilines is 1. The van der Waals surface area contributed by atoms with Gasteiger partial charge >= 0.3 is 5.69 Å². The van der Waals surface area contributed by atoms with Gasteiger partial charge in [-0.25, -0.2) is 9.78 Å². The number of hydrogen-bond donors (Lipinski definition) is 1. The smallest absolute Gasteiger partial charge is 0.330 e. The van der Waals surface area contributed by atoms with Gasteiger partial charge in [0.1, 0.15) is 5.82 Å². The summed E-state index contributed by atoms with van der Waals surface area (Å²) >= 11 is 0. The molecule has 9 heteroatoms. The van der Waals surface area contributed by atoms with Crippen LogP contribution in [0.5, 0.6) is 0 Å². The summed E-state index contributed by atoms with van der Waals surface area (Å²) in [6.45, 7) is 8.37. The van der Waals surface area contributed by atoms with Crippen molar-refractivity contribution in [1.29, 1.82) is 0 Å². The first-order valence-corrected chi connectivity index (χ1v) is 13.3. The van der Waals surface area contributed by atoms with Gasteiger partial charge in [0.05, 0.1) is 0 Å². The minimum atomic E-state index is -0.418. The molecule has 1 aromatic carbocycles. The highest BCUT2D eigenvalue weighted by molar-refractivity contribution is 5.77. The number of nitrogens with zero attached hydrogens (tertiary/aromatic N) is 5. The number of unbranched alkanes of at least 4 members (excludes halogenated alkanes) is 3.